The molecule has 0 bridgehead atoms. The molecule has 0 spiro atoms. The molecule has 37 heavy (non-hydrogen) atoms. The van der Waals surface area contributed by atoms with Gasteiger partial charge in [-0.05, 0) is 41.5 Å². The van der Waals surface area contributed by atoms with Crippen LogP contribution in [0.3, 0.4) is 0 Å². The summed E-state index contributed by atoms with van der Waals surface area (Å²) in [7, 11) is 0. The van der Waals surface area contributed by atoms with Crippen molar-refractivity contribution in [1.29, 1.82) is 0 Å². The highest BCUT2D eigenvalue weighted by Gasteiger charge is 2.20. The lowest BCUT2D eigenvalue weighted by atomic mass is 10.0. The summed E-state index contributed by atoms with van der Waals surface area (Å²) in [6.07, 6.45) is 8.87. The second-order valence-electron chi connectivity index (χ2n) is 9.26. The van der Waals surface area contributed by atoms with Crippen LogP contribution in [0.2, 0.25) is 0 Å². The van der Waals surface area contributed by atoms with Crippen LogP contribution in [0.5, 0.6) is 0 Å². The molecule has 0 radical (unpaired) electrons. The normalized spacial score (nSPS) is 15.2. The Morgan fingerprint density at radius 3 is 2.24 bits per heavy atom. The predicted octanol–water partition coefficient (Wildman–Crippen LogP) is 7.87. The fraction of sp³-hybridized carbons (Fsp3) is 0.0606. The maximum Gasteiger partial charge on any atom is 0.129 e. The topological polar surface area (TPSA) is 43.1 Å². The summed E-state index contributed by atoms with van der Waals surface area (Å²) in [6.45, 7) is 0. The molecule has 3 aromatic carbocycles. The molecule has 1 unspecified atom stereocenters. The van der Waals surface area contributed by atoms with Crippen LogP contribution in [-0.4, -0.2) is 20.2 Å². The minimum absolute atomic E-state index is 0.0535. The second-order valence-corrected chi connectivity index (χ2v) is 9.26. The third-order valence-corrected chi connectivity index (χ3v) is 7.02. The van der Waals surface area contributed by atoms with Gasteiger partial charge in [-0.1, -0.05) is 84.9 Å². The molecule has 1 aliphatic rings. The highest BCUT2D eigenvalue weighted by atomic mass is 15.1. The van der Waals surface area contributed by atoms with E-state index in [1.165, 1.54) is 27.4 Å². The molecule has 0 amide bonds. The summed E-state index contributed by atoms with van der Waals surface area (Å²) in [6, 6.07) is 35.8. The van der Waals surface area contributed by atoms with E-state index in [1.54, 1.807) is 0 Å². The molecule has 1 aliphatic heterocycles. The van der Waals surface area contributed by atoms with Crippen molar-refractivity contribution in [1.82, 2.24) is 14.5 Å². The summed E-state index contributed by atoms with van der Waals surface area (Å²) in [5.41, 5.74) is 8.50. The third kappa shape index (κ3) is 3.83. The SMILES string of the molecule is C1=CC(c2cccc(-c3ccc(-c4ccccc4)cc3)n2)=NC(n2c3ccccc3c3ccncc32)C1. The first-order valence-electron chi connectivity index (χ1n) is 12.6. The van der Waals surface area contributed by atoms with Crippen molar-refractivity contribution in [3.8, 4) is 22.4 Å². The highest BCUT2D eigenvalue weighted by molar-refractivity contribution is 6.09. The largest absolute Gasteiger partial charge is 0.316 e. The number of aliphatic imine (C=N–C) groups is 1. The first kappa shape index (κ1) is 21.5. The summed E-state index contributed by atoms with van der Waals surface area (Å²) < 4.78 is 2.31. The van der Waals surface area contributed by atoms with Gasteiger partial charge in [0, 0.05) is 29.0 Å². The zero-order valence-electron chi connectivity index (χ0n) is 20.2. The maximum absolute atomic E-state index is 5.19. The van der Waals surface area contributed by atoms with Crippen LogP contribution >= 0.6 is 0 Å². The molecule has 6 aromatic rings. The van der Waals surface area contributed by atoms with Crippen molar-refractivity contribution >= 4 is 27.5 Å². The zero-order valence-corrected chi connectivity index (χ0v) is 20.2. The quantitative estimate of drug-likeness (QED) is 0.260. The lowest BCUT2D eigenvalue weighted by Gasteiger charge is -2.20. The molecular formula is C33H24N4. The van der Waals surface area contributed by atoms with Crippen molar-refractivity contribution in [3.05, 3.63) is 133 Å². The molecule has 4 heteroatoms. The van der Waals surface area contributed by atoms with E-state index in [2.05, 4.69) is 113 Å². The standard InChI is InChI=1S/C33H24N4/c1-2-8-23(9-3-1)24-16-18-25(19-17-24)28-11-6-12-29(35-28)30-13-7-15-33(36-30)37-31-14-5-4-10-26(31)27-20-21-34-22-32(27)37/h1-14,16-22,33H,15H2. The smallest absolute Gasteiger partial charge is 0.129 e. The van der Waals surface area contributed by atoms with E-state index in [0.717, 1.165) is 34.6 Å². The average Bonchev–Trinajstić information content (AvgIpc) is 3.32. The lowest BCUT2D eigenvalue weighted by molar-refractivity contribution is 0.560. The van der Waals surface area contributed by atoms with E-state index in [1.807, 2.05) is 24.5 Å². The number of dihydropyridines is 1. The number of nitrogens with zero attached hydrogens (tertiary/aromatic N) is 4. The van der Waals surface area contributed by atoms with Crippen LogP contribution in [0.1, 0.15) is 18.3 Å². The monoisotopic (exact) mass is 476 g/mol. The fourth-order valence-electron chi connectivity index (χ4n) is 5.24. The number of allylic oxidation sites excluding steroid dienone is 1. The van der Waals surface area contributed by atoms with E-state index >= 15 is 0 Å². The van der Waals surface area contributed by atoms with Gasteiger partial charge in [0.15, 0.2) is 0 Å². The van der Waals surface area contributed by atoms with Crippen LogP contribution in [-0.2, 0) is 0 Å². The first-order valence-corrected chi connectivity index (χ1v) is 12.6. The Hall–Kier alpha value is -4.83. The lowest BCUT2D eigenvalue weighted by Crippen LogP contribution is -2.13. The van der Waals surface area contributed by atoms with E-state index in [-0.39, 0.29) is 6.17 Å². The van der Waals surface area contributed by atoms with Crippen LogP contribution in [0, 0.1) is 0 Å². The summed E-state index contributed by atoms with van der Waals surface area (Å²) in [5.74, 6) is 0. The molecule has 7 rings (SSSR count). The van der Waals surface area contributed by atoms with Crippen LogP contribution < -0.4 is 0 Å². The number of para-hydroxylation sites is 1. The predicted molar refractivity (Wildman–Crippen MR) is 152 cm³/mol. The minimum Gasteiger partial charge on any atom is -0.316 e. The minimum atomic E-state index is -0.0535. The number of fused-ring (bicyclic) bond motifs is 3. The zero-order chi connectivity index (χ0) is 24.6. The maximum atomic E-state index is 5.19. The van der Waals surface area contributed by atoms with Gasteiger partial charge in [-0.15, -0.1) is 0 Å². The van der Waals surface area contributed by atoms with Crippen LogP contribution in [0.25, 0.3) is 44.2 Å². The van der Waals surface area contributed by atoms with E-state index < -0.39 is 0 Å². The van der Waals surface area contributed by atoms with Crippen molar-refractivity contribution in [3.63, 3.8) is 0 Å². The van der Waals surface area contributed by atoms with Gasteiger partial charge in [0.05, 0.1) is 34.3 Å². The Kier molecular flexibility index (Phi) is 5.21. The third-order valence-electron chi connectivity index (χ3n) is 7.02. The van der Waals surface area contributed by atoms with Crippen molar-refractivity contribution in [2.45, 2.75) is 12.6 Å². The summed E-state index contributed by atoms with van der Waals surface area (Å²) >= 11 is 0. The molecule has 4 nitrogen and oxygen atoms in total. The molecule has 1 atom stereocenters. The van der Waals surface area contributed by atoms with Gasteiger partial charge in [0.1, 0.15) is 6.17 Å². The molecule has 176 valence electrons. The first-order chi connectivity index (χ1) is 18.3. The Labute approximate surface area is 215 Å². The number of pyridine rings is 2. The molecule has 0 fully saturated rings. The Bertz CT molecular complexity index is 1740. The average molecular weight is 477 g/mol. The number of rotatable bonds is 4. The van der Waals surface area contributed by atoms with E-state index in [0.29, 0.717) is 0 Å². The Balaban J connectivity index is 1.25. The van der Waals surface area contributed by atoms with Gasteiger partial charge in [0.25, 0.3) is 0 Å². The molecule has 0 saturated carbocycles. The van der Waals surface area contributed by atoms with Crippen LogP contribution in [0.15, 0.2) is 133 Å². The van der Waals surface area contributed by atoms with Crippen LogP contribution in [0.4, 0.5) is 0 Å². The van der Waals surface area contributed by atoms with Crippen molar-refractivity contribution < 1.29 is 0 Å². The van der Waals surface area contributed by atoms with Gasteiger partial charge in [0.2, 0.25) is 0 Å². The van der Waals surface area contributed by atoms with Gasteiger partial charge >= 0.3 is 0 Å². The number of benzene rings is 3. The molecule has 0 aliphatic carbocycles. The number of hydrogen-bond donors (Lipinski definition) is 0. The molecule has 4 heterocycles. The van der Waals surface area contributed by atoms with Gasteiger partial charge in [-0.25, -0.2) is 4.98 Å². The van der Waals surface area contributed by atoms with Gasteiger partial charge in [-0.3, -0.25) is 9.98 Å². The van der Waals surface area contributed by atoms with Gasteiger partial charge in [-0.2, -0.15) is 0 Å². The molecule has 0 N–H and O–H groups in total. The number of aromatic nitrogens is 3. The Morgan fingerprint density at radius 2 is 1.35 bits per heavy atom. The molecule has 3 aromatic heterocycles. The van der Waals surface area contributed by atoms with E-state index in [4.69, 9.17) is 9.98 Å². The van der Waals surface area contributed by atoms with Crippen molar-refractivity contribution in [2.75, 3.05) is 0 Å². The molecule has 0 saturated heterocycles. The Morgan fingerprint density at radius 1 is 0.622 bits per heavy atom. The molecular weight excluding hydrogens is 452 g/mol. The second kappa shape index (κ2) is 8.99. The number of hydrogen-bond acceptors (Lipinski definition) is 3. The highest BCUT2D eigenvalue weighted by Crippen LogP contribution is 2.34. The fourth-order valence-corrected chi connectivity index (χ4v) is 5.24. The summed E-state index contributed by atoms with van der Waals surface area (Å²) in [4.78, 5) is 14.6. The van der Waals surface area contributed by atoms with Gasteiger partial charge < -0.3 is 4.57 Å². The van der Waals surface area contributed by atoms with E-state index in [9.17, 15) is 0 Å². The van der Waals surface area contributed by atoms with Crippen molar-refractivity contribution in [2.24, 2.45) is 4.99 Å². The summed E-state index contributed by atoms with van der Waals surface area (Å²) in [5, 5.41) is 2.43.